The summed E-state index contributed by atoms with van der Waals surface area (Å²) in [5.41, 5.74) is 3.59. The Bertz CT molecular complexity index is 1140. The van der Waals surface area contributed by atoms with Crippen molar-refractivity contribution < 1.29 is 14.3 Å². The first-order valence-corrected chi connectivity index (χ1v) is 9.07. The normalized spacial score (nSPS) is 10.6. The van der Waals surface area contributed by atoms with Crippen LogP contribution in [0.15, 0.2) is 73.1 Å². The van der Waals surface area contributed by atoms with Crippen LogP contribution in [0.3, 0.4) is 0 Å². The van der Waals surface area contributed by atoms with E-state index in [1.165, 1.54) is 0 Å². The number of rotatable bonds is 6. The summed E-state index contributed by atoms with van der Waals surface area (Å²) in [4.78, 5) is 36.0. The molecule has 0 bridgehead atoms. The van der Waals surface area contributed by atoms with Crippen molar-refractivity contribution in [3.8, 4) is 11.4 Å². The molecule has 2 heterocycles. The molecule has 144 valence electrons. The van der Waals surface area contributed by atoms with Gasteiger partial charge in [-0.15, -0.1) is 0 Å². The summed E-state index contributed by atoms with van der Waals surface area (Å²) in [7, 11) is 0. The Morgan fingerprint density at radius 2 is 1.90 bits per heavy atom. The summed E-state index contributed by atoms with van der Waals surface area (Å²) in [6, 6.07) is 18.3. The van der Waals surface area contributed by atoms with Gasteiger partial charge in [-0.05, 0) is 35.9 Å². The van der Waals surface area contributed by atoms with E-state index in [1.54, 1.807) is 30.6 Å². The second kappa shape index (κ2) is 8.35. The number of amides is 1. The van der Waals surface area contributed by atoms with Crippen LogP contribution in [0.1, 0.15) is 15.9 Å². The second-order valence-electron chi connectivity index (χ2n) is 6.40. The zero-order valence-corrected chi connectivity index (χ0v) is 15.5. The first-order valence-electron chi connectivity index (χ1n) is 9.07. The summed E-state index contributed by atoms with van der Waals surface area (Å²) in [6.07, 6.45) is 3.40. The van der Waals surface area contributed by atoms with Crippen LogP contribution < -0.4 is 5.32 Å². The number of aromatic amines is 1. The number of fused-ring (bicyclic) bond motifs is 1. The number of aromatic nitrogens is 3. The number of benzene rings is 2. The molecular formula is C22H18N4O3. The smallest absolute Gasteiger partial charge is 0.338 e. The maximum atomic E-state index is 12.3. The molecule has 0 unspecified atom stereocenters. The van der Waals surface area contributed by atoms with E-state index < -0.39 is 5.97 Å². The average molecular weight is 386 g/mol. The molecule has 0 spiro atoms. The van der Waals surface area contributed by atoms with E-state index >= 15 is 0 Å². The minimum absolute atomic E-state index is 0.340. The van der Waals surface area contributed by atoms with Crippen molar-refractivity contribution in [2.45, 2.75) is 6.54 Å². The fraction of sp³-hybridized carbons (Fsp3) is 0.0909. The highest BCUT2D eigenvalue weighted by Gasteiger charge is 2.13. The Balaban J connectivity index is 1.37. The standard InChI is InChI=1S/C22H18N4O3/c27-20(24-12-15-5-2-1-3-6-15)14-29-22(28)16-8-9-18-19(11-16)26-21(25-18)17-7-4-10-23-13-17/h1-11,13H,12,14H2,(H,24,27)(H,25,26). The fourth-order valence-corrected chi connectivity index (χ4v) is 2.84. The number of H-pyrrole nitrogens is 1. The van der Waals surface area contributed by atoms with Gasteiger partial charge in [0.05, 0.1) is 16.6 Å². The fourth-order valence-electron chi connectivity index (χ4n) is 2.84. The van der Waals surface area contributed by atoms with Crippen molar-refractivity contribution in [3.05, 3.63) is 84.2 Å². The van der Waals surface area contributed by atoms with Crippen LogP contribution in [0.4, 0.5) is 0 Å². The predicted octanol–water partition coefficient (Wildman–Crippen LogP) is 3.10. The average Bonchev–Trinajstić information content (AvgIpc) is 3.21. The topological polar surface area (TPSA) is 97.0 Å². The van der Waals surface area contributed by atoms with Gasteiger partial charge in [0.2, 0.25) is 0 Å². The molecule has 0 aliphatic rings. The van der Waals surface area contributed by atoms with Gasteiger partial charge in [-0.2, -0.15) is 0 Å². The maximum Gasteiger partial charge on any atom is 0.338 e. The molecule has 0 aliphatic carbocycles. The summed E-state index contributed by atoms with van der Waals surface area (Å²) < 4.78 is 5.12. The summed E-state index contributed by atoms with van der Waals surface area (Å²) in [6.45, 7) is 0.0437. The number of carbonyl (C=O) groups is 2. The monoisotopic (exact) mass is 386 g/mol. The highest BCUT2D eigenvalue weighted by molar-refractivity contribution is 5.95. The van der Waals surface area contributed by atoms with Crippen molar-refractivity contribution in [1.82, 2.24) is 20.3 Å². The van der Waals surface area contributed by atoms with Crippen molar-refractivity contribution in [1.29, 1.82) is 0 Å². The number of esters is 1. The Labute approximate surface area is 166 Å². The Morgan fingerprint density at radius 3 is 2.69 bits per heavy atom. The summed E-state index contributed by atoms with van der Waals surface area (Å²) >= 11 is 0. The Hall–Kier alpha value is -4.00. The number of hydrogen-bond acceptors (Lipinski definition) is 5. The van der Waals surface area contributed by atoms with E-state index in [1.807, 2.05) is 42.5 Å². The molecule has 0 fully saturated rings. The lowest BCUT2D eigenvalue weighted by molar-refractivity contribution is -0.124. The molecule has 4 aromatic rings. The number of pyridine rings is 1. The van der Waals surface area contributed by atoms with Crippen LogP contribution in [0.5, 0.6) is 0 Å². The van der Waals surface area contributed by atoms with Gasteiger partial charge in [-0.3, -0.25) is 9.78 Å². The molecule has 7 nitrogen and oxygen atoms in total. The molecular weight excluding hydrogens is 368 g/mol. The highest BCUT2D eigenvalue weighted by Crippen LogP contribution is 2.20. The molecule has 29 heavy (non-hydrogen) atoms. The van der Waals surface area contributed by atoms with Crippen LogP contribution >= 0.6 is 0 Å². The minimum atomic E-state index is -0.570. The molecule has 7 heteroatoms. The largest absolute Gasteiger partial charge is 0.452 e. The first kappa shape index (κ1) is 18.4. The van der Waals surface area contributed by atoms with Crippen molar-refractivity contribution >= 4 is 22.9 Å². The number of imidazole rings is 1. The third-order valence-electron chi connectivity index (χ3n) is 4.32. The first-order chi connectivity index (χ1) is 14.2. The Kier molecular flexibility index (Phi) is 5.29. The highest BCUT2D eigenvalue weighted by atomic mass is 16.5. The Morgan fingerprint density at radius 1 is 1.03 bits per heavy atom. The van der Waals surface area contributed by atoms with E-state index in [4.69, 9.17) is 4.74 Å². The van der Waals surface area contributed by atoms with Crippen LogP contribution in [-0.4, -0.2) is 33.4 Å². The van der Waals surface area contributed by atoms with E-state index in [9.17, 15) is 9.59 Å². The number of nitrogens with zero attached hydrogens (tertiary/aromatic N) is 2. The lowest BCUT2D eigenvalue weighted by atomic mass is 10.2. The van der Waals surface area contributed by atoms with E-state index in [2.05, 4.69) is 20.3 Å². The van der Waals surface area contributed by atoms with Crippen LogP contribution in [0, 0.1) is 0 Å². The van der Waals surface area contributed by atoms with Gasteiger partial charge in [-0.25, -0.2) is 9.78 Å². The molecule has 0 saturated carbocycles. The SMILES string of the molecule is O=C(COC(=O)c1ccc2nc(-c3cccnc3)[nH]c2c1)NCc1ccccc1. The zero-order valence-electron chi connectivity index (χ0n) is 15.5. The number of ether oxygens (including phenoxy) is 1. The predicted molar refractivity (Wildman–Crippen MR) is 108 cm³/mol. The summed E-state index contributed by atoms with van der Waals surface area (Å²) in [5, 5.41) is 2.72. The van der Waals surface area contributed by atoms with Crippen molar-refractivity contribution in [3.63, 3.8) is 0 Å². The van der Waals surface area contributed by atoms with Crippen LogP contribution in [0.25, 0.3) is 22.4 Å². The van der Waals surface area contributed by atoms with Gasteiger partial charge >= 0.3 is 5.97 Å². The maximum absolute atomic E-state index is 12.3. The second-order valence-corrected chi connectivity index (χ2v) is 6.40. The summed E-state index contributed by atoms with van der Waals surface area (Å²) in [5.74, 6) is -0.262. The molecule has 0 atom stereocenters. The van der Waals surface area contributed by atoms with Gasteiger partial charge in [0.25, 0.3) is 5.91 Å². The lowest BCUT2D eigenvalue weighted by Gasteiger charge is -2.07. The van der Waals surface area contributed by atoms with Crippen molar-refractivity contribution in [2.75, 3.05) is 6.61 Å². The molecule has 0 saturated heterocycles. The molecule has 2 aromatic carbocycles. The molecule has 2 aromatic heterocycles. The molecule has 0 aliphatic heterocycles. The number of carbonyl (C=O) groups excluding carboxylic acids is 2. The van der Waals surface area contributed by atoms with Gasteiger partial charge in [0.15, 0.2) is 6.61 Å². The van der Waals surface area contributed by atoms with E-state index in [0.29, 0.717) is 23.4 Å². The van der Waals surface area contributed by atoms with Crippen molar-refractivity contribution in [2.24, 2.45) is 0 Å². The lowest BCUT2D eigenvalue weighted by Crippen LogP contribution is -2.28. The van der Waals surface area contributed by atoms with Gasteiger partial charge < -0.3 is 15.0 Å². The van der Waals surface area contributed by atoms with Crippen LogP contribution in [0.2, 0.25) is 0 Å². The van der Waals surface area contributed by atoms with Crippen LogP contribution in [-0.2, 0) is 16.1 Å². The number of hydrogen-bond donors (Lipinski definition) is 2. The van der Waals surface area contributed by atoms with Gasteiger partial charge in [0.1, 0.15) is 5.82 Å². The third kappa shape index (κ3) is 4.47. The molecule has 2 N–H and O–H groups in total. The van der Waals surface area contributed by atoms with Gasteiger partial charge in [0, 0.05) is 24.5 Å². The minimum Gasteiger partial charge on any atom is -0.452 e. The van der Waals surface area contributed by atoms with E-state index in [-0.39, 0.29) is 12.5 Å². The molecule has 4 rings (SSSR count). The third-order valence-corrected chi connectivity index (χ3v) is 4.32. The van der Waals surface area contributed by atoms with Gasteiger partial charge in [-0.1, -0.05) is 30.3 Å². The quantitative estimate of drug-likeness (QED) is 0.496. The molecule has 1 amide bonds. The zero-order chi connectivity index (χ0) is 20.1. The van der Waals surface area contributed by atoms with E-state index in [0.717, 1.165) is 16.6 Å². The number of nitrogens with one attached hydrogen (secondary N) is 2. The molecule has 0 radical (unpaired) electrons.